The van der Waals surface area contributed by atoms with Crippen LogP contribution in [0.15, 0.2) is 30.6 Å². The summed E-state index contributed by atoms with van der Waals surface area (Å²) in [6.07, 6.45) is 17.5. The Kier molecular flexibility index (Phi) is 12.4. The lowest BCUT2D eigenvalue weighted by atomic mass is 9.81. The van der Waals surface area contributed by atoms with Crippen molar-refractivity contribution in [2.45, 2.75) is 127 Å². The number of rotatable bonds is 17. The zero-order valence-corrected chi connectivity index (χ0v) is 23.2. The van der Waals surface area contributed by atoms with E-state index in [2.05, 4.69) is 24.1 Å². The minimum atomic E-state index is -1.28. The third-order valence-corrected chi connectivity index (χ3v) is 9.06. The fraction of sp³-hybridized carbons (Fsp3) is 0.774. The highest BCUT2D eigenvalue weighted by atomic mass is 16.4. The maximum absolute atomic E-state index is 11.9. The van der Waals surface area contributed by atoms with Crippen molar-refractivity contribution in [3.05, 3.63) is 36.2 Å². The molecule has 0 saturated heterocycles. The van der Waals surface area contributed by atoms with Crippen LogP contribution in [0.5, 0.6) is 0 Å². The Morgan fingerprint density at radius 3 is 2.55 bits per heavy atom. The van der Waals surface area contributed by atoms with Crippen molar-refractivity contribution in [3.8, 4) is 0 Å². The Labute approximate surface area is 228 Å². The van der Waals surface area contributed by atoms with Gasteiger partial charge < -0.3 is 30.5 Å². The molecule has 7 nitrogen and oxygen atoms in total. The number of H-pyrrole nitrogens is 1. The number of aromatic nitrogens is 1. The maximum Gasteiger partial charge on any atom is 0.309 e. The highest BCUT2D eigenvalue weighted by Crippen LogP contribution is 2.40. The lowest BCUT2D eigenvalue weighted by Gasteiger charge is -2.29. The van der Waals surface area contributed by atoms with Crippen molar-refractivity contribution in [1.29, 1.82) is 0 Å². The molecule has 6 N–H and O–H groups in total. The van der Waals surface area contributed by atoms with Crippen LogP contribution in [0.2, 0.25) is 0 Å². The van der Waals surface area contributed by atoms with E-state index in [-0.39, 0.29) is 30.8 Å². The SMILES string of the molecule is CCCCC[C@@H]1C=C[C@@H](CCCCC[C@H](C(=O)O)[C@H](O)CC[C@]2(O)C[C@H](Cc3cc[nH]c3)C[C@H]2O)[C@H](O)C1. The summed E-state index contributed by atoms with van der Waals surface area (Å²) >= 11 is 0. The van der Waals surface area contributed by atoms with E-state index >= 15 is 0 Å². The molecule has 2 aliphatic rings. The largest absolute Gasteiger partial charge is 0.481 e. The second kappa shape index (κ2) is 15.2. The fourth-order valence-corrected chi connectivity index (χ4v) is 6.65. The number of aliphatic hydroxyl groups is 4. The Morgan fingerprint density at radius 1 is 1.08 bits per heavy atom. The van der Waals surface area contributed by atoms with Crippen LogP contribution >= 0.6 is 0 Å². The van der Waals surface area contributed by atoms with Crippen LogP contribution < -0.4 is 0 Å². The molecule has 0 unspecified atom stereocenters. The summed E-state index contributed by atoms with van der Waals surface area (Å²) in [5, 5.41) is 52.5. The number of carboxylic acids is 1. The molecule has 7 heteroatoms. The molecule has 1 fully saturated rings. The van der Waals surface area contributed by atoms with Gasteiger partial charge in [-0.05, 0) is 81.3 Å². The van der Waals surface area contributed by atoms with E-state index in [9.17, 15) is 30.3 Å². The summed E-state index contributed by atoms with van der Waals surface area (Å²) < 4.78 is 0. The summed E-state index contributed by atoms with van der Waals surface area (Å²) in [4.78, 5) is 14.9. The Hall–Kier alpha value is -1.67. The van der Waals surface area contributed by atoms with E-state index in [0.29, 0.717) is 31.6 Å². The van der Waals surface area contributed by atoms with Crippen LogP contribution in [0, 0.1) is 23.7 Å². The lowest BCUT2D eigenvalue weighted by Crippen LogP contribution is -2.39. The third-order valence-electron chi connectivity index (χ3n) is 9.06. The summed E-state index contributed by atoms with van der Waals surface area (Å²) in [5.41, 5.74) is -0.146. The smallest absolute Gasteiger partial charge is 0.309 e. The van der Waals surface area contributed by atoms with Gasteiger partial charge >= 0.3 is 5.97 Å². The average Bonchev–Trinajstić information content (AvgIpc) is 3.48. The van der Waals surface area contributed by atoms with Crippen LogP contribution in [-0.4, -0.2) is 60.4 Å². The second-order valence-corrected chi connectivity index (χ2v) is 12.1. The molecule has 0 aliphatic heterocycles. The number of aliphatic carboxylic acids is 1. The number of carboxylic acid groups (broad SMARTS) is 1. The number of aliphatic hydroxyl groups excluding tert-OH is 3. The minimum Gasteiger partial charge on any atom is -0.481 e. The Bertz CT molecular complexity index is 841. The van der Waals surface area contributed by atoms with Crippen molar-refractivity contribution in [1.82, 2.24) is 4.98 Å². The number of hydrogen-bond acceptors (Lipinski definition) is 5. The zero-order chi connectivity index (χ0) is 27.5. The van der Waals surface area contributed by atoms with Crippen LogP contribution in [0.3, 0.4) is 0 Å². The number of hydrogen-bond donors (Lipinski definition) is 6. The third kappa shape index (κ3) is 9.22. The van der Waals surface area contributed by atoms with Gasteiger partial charge in [-0.25, -0.2) is 0 Å². The molecule has 0 bridgehead atoms. The normalized spacial score (nSPS) is 30.9. The zero-order valence-electron chi connectivity index (χ0n) is 23.2. The van der Waals surface area contributed by atoms with Gasteiger partial charge in [0.2, 0.25) is 0 Å². The molecule has 1 aromatic heterocycles. The molecular weight excluding hydrogens is 482 g/mol. The minimum absolute atomic E-state index is 0.153. The molecule has 1 aromatic rings. The van der Waals surface area contributed by atoms with E-state index < -0.39 is 29.7 Å². The number of unbranched alkanes of at least 4 members (excludes halogenated alkanes) is 4. The second-order valence-electron chi connectivity index (χ2n) is 12.1. The molecule has 38 heavy (non-hydrogen) atoms. The van der Waals surface area contributed by atoms with E-state index in [1.54, 1.807) is 0 Å². The summed E-state index contributed by atoms with van der Waals surface area (Å²) in [6.45, 7) is 2.20. The van der Waals surface area contributed by atoms with Crippen LogP contribution in [0.1, 0.15) is 102 Å². The fourth-order valence-electron chi connectivity index (χ4n) is 6.65. The van der Waals surface area contributed by atoms with Crippen LogP contribution in [0.25, 0.3) is 0 Å². The molecule has 3 rings (SSSR count). The topological polar surface area (TPSA) is 134 Å². The van der Waals surface area contributed by atoms with Crippen molar-refractivity contribution in [2.24, 2.45) is 23.7 Å². The van der Waals surface area contributed by atoms with Gasteiger partial charge in [-0.1, -0.05) is 57.6 Å². The number of carbonyl (C=O) groups is 1. The van der Waals surface area contributed by atoms with Gasteiger partial charge in [0.15, 0.2) is 0 Å². The first kappa shape index (κ1) is 30.9. The molecule has 0 aromatic carbocycles. The molecule has 0 spiro atoms. The Morgan fingerprint density at radius 2 is 1.87 bits per heavy atom. The first-order valence-electron chi connectivity index (χ1n) is 15.0. The van der Waals surface area contributed by atoms with Crippen LogP contribution in [0.4, 0.5) is 0 Å². The molecule has 216 valence electrons. The van der Waals surface area contributed by atoms with Gasteiger partial charge in [-0.2, -0.15) is 0 Å². The average molecular weight is 534 g/mol. The number of allylic oxidation sites excluding steroid dienone is 1. The van der Waals surface area contributed by atoms with Gasteiger partial charge in [-0.15, -0.1) is 0 Å². The Balaban J connectivity index is 1.36. The maximum atomic E-state index is 11.9. The van der Waals surface area contributed by atoms with Gasteiger partial charge in [-0.3, -0.25) is 4.79 Å². The van der Waals surface area contributed by atoms with Crippen molar-refractivity contribution in [3.63, 3.8) is 0 Å². The number of nitrogens with one attached hydrogen (secondary N) is 1. The molecule has 0 radical (unpaired) electrons. The standard InChI is InChI=1S/C31H51NO6/c1-2-3-5-8-22-11-12-25(28(34)18-22)9-6-4-7-10-26(30(36)37)27(33)13-15-31(38)20-24(19-29(31)35)17-23-14-16-32-21-23/h11-12,14,16,21-22,24-29,32-35,38H,2-10,13,15,17-20H2,1H3,(H,36,37)/t22-,24-,25-,26+,27-,28-,29-,31+/m1/s1. The van der Waals surface area contributed by atoms with Gasteiger partial charge in [0.25, 0.3) is 0 Å². The molecule has 1 saturated carbocycles. The molecular formula is C31H51NO6. The quantitative estimate of drug-likeness (QED) is 0.123. The first-order chi connectivity index (χ1) is 18.2. The van der Waals surface area contributed by atoms with Crippen molar-refractivity contribution < 1.29 is 30.3 Å². The summed E-state index contributed by atoms with van der Waals surface area (Å²) in [6, 6.07) is 1.99. The summed E-state index contributed by atoms with van der Waals surface area (Å²) in [7, 11) is 0. The molecule has 1 heterocycles. The summed E-state index contributed by atoms with van der Waals surface area (Å²) in [5.74, 6) is -1.07. The van der Waals surface area contributed by atoms with Gasteiger partial charge in [0, 0.05) is 18.3 Å². The number of aromatic amines is 1. The van der Waals surface area contributed by atoms with Gasteiger partial charge in [0.05, 0.1) is 29.8 Å². The van der Waals surface area contributed by atoms with Gasteiger partial charge in [0.1, 0.15) is 0 Å². The predicted octanol–water partition coefficient (Wildman–Crippen LogP) is 4.99. The molecule has 0 amide bonds. The van der Waals surface area contributed by atoms with Crippen molar-refractivity contribution >= 4 is 5.97 Å². The predicted molar refractivity (Wildman–Crippen MR) is 149 cm³/mol. The first-order valence-corrected chi connectivity index (χ1v) is 15.0. The van der Waals surface area contributed by atoms with E-state index in [1.807, 2.05) is 18.5 Å². The van der Waals surface area contributed by atoms with E-state index in [1.165, 1.54) is 19.3 Å². The highest BCUT2D eigenvalue weighted by Gasteiger charge is 2.45. The molecule has 8 atom stereocenters. The monoisotopic (exact) mass is 533 g/mol. The van der Waals surface area contributed by atoms with Crippen molar-refractivity contribution in [2.75, 3.05) is 0 Å². The van der Waals surface area contributed by atoms with E-state index in [4.69, 9.17) is 0 Å². The van der Waals surface area contributed by atoms with E-state index in [0.717, 1.165) is 44.1 Å². The van der Waals surface area contributed by atoms with Crippen LogP contribution in [-0.2, 0) is 11.2 Å². The lowest BCUT2D eigenvalue weighted by molar-refractivity contribution is -0.147. The molecule has 2 aliphatic carbocycles. The highest BCUT2D eigenvalue weighted by molar-refractivity contribution is 5.70.